The lowest BCUT2D eigenvalue weighted by molar-refractivity contribution is 0.0620. The zero-order valence-corrected chi connectivity index (χ0v) is 9.43. The molecule has 0 aliphatic carbocycles. The summed E-state index contributed by atoms with van der Waals surface area (Å²) in [5.74, 6) is 0.821. The van der Waals surface area contributed by atoms with Crippen molar-refractivity contribution in [1.29, 1.82) is 5.26 Å². The lowest BCUT2D eigenvalue weighted by atomic mass is 10.1. The summed E-state index contributed by atoms with van der Waals surface area (Å²) < 4.78 is 5.31. The molecule has 2 saturated heterocycles. The average molecular weight is 221 g/mol. The molecule has 0 unspecified atom stereocenters. The first-order chi connectivity index (χ1) is 7.92. The molecule has 0 aromatic carbocycles. The molecule has 0 saturated carbocycles. The van der Waals surface area contributed by atoms with Gasteiger partial charge in [0.05, 0.1) is 13.2 Å². The number of ether oxygens (including phenoxy) is 1. The molecule has 0 N–H and O–H groups in total. The minimum atomic E-state index is 0.724. The van der Waals surface area contributed by atoms with Crippen molar-refractivity contribution < 1.29 is 4.74 Å². The van der Waals surface area contributed by atoms with Crippen LogP contribution >= 0.6 is 0 Å². The first-order valence-electron chi connectivity index (χ1n) is 5.78. The molecule has 2 rings (SSSR count). The fourth-order valence-electron chi connectivity index (χ4n) is 2.10. The molecule has 2 heterocycles. The Labute approximate surface area is 96.3 Å². The van der Waals surface area contributed by atoms with Crippen molar-refractivity contribution >= 4 is 5.96 Å². The summed E-state index contributed by atoms with van der Waals surface area (Å²) in [6, 6.07) is 0. The van der Waals surface area contributed by atoms with Gasteiger partial charge in [0, 0.05) is 26.2 Å². The van der Waals surface area contributed by atoms with Crippen molar-refractivity contribution in [2.24, 2.45) is 4.99 Å². The number of guanidine groups is 1. The van der Waals surface area contributed by atoms with Crippen molar-refractivity contribution in [1.82, 2.24) is 9.80 Å². The van der Waals surface area contributed by atoms with E-state index >= 15 is 0 Å². The molecule has 1 radical (unpaired) electrons. The topological polar surface area (TPSA) is 51.9 Å². The molecule has 87 valence electrons. The molecule has 2 aliphatic rings. The highest BCUT2D eigenvalue weighted by molar-refractivity contribution is 5.81. The first-order valence-corrected chi connectivity index (χ1v) is 5.78. The Hall–Kier alpha value is -1.28. The summed E-state index contributed by atoms with van der Waals surface area (Å²) in [4.78, 5) is 8.29. The summed E-state index contributed by atoms with van der Waals surface area (Å²) in [5, 5.41) is 8.77. The Kier molecular flexibility index (Phi) is 4.00. The number of piperidine rings is 1. The monoisotopic (exact) mass is 221 g/mol. The Morgan fingerprint density at radius 2 is 2.06 bits per heavy atom. The van der Waals surface area contributed by atoms with Gasteiger partial charge in [-0.05, 0) is 19.3 Å². The van der Waals surface area contributed by atoms with Crippen LogP contribution in [0.1, 0.15) is 12.8 Å². The normalized spacial score (nSPS) is 23.1. The fourth-order valence-corrected chi connectivity index (χ4v) is 2.10. The van der Waals surface area contributed by atoms with Crippen molar-refractivity contribution in [3.63, 3.8) is 0 Å². The maximum Gasteiger partial charge on any atom is 0.212 e. The van der Waals surface area contributed by atoms with Gasteiger partial charge >= 0.3 is 0 Å². The third kappa shape index (κ3) is 2.64. The van der Waals surface area contributed by atoms with Crippen LogP contribution in [0.4, 0.5) is 0 Å². The molecule has 0 atom stereocenters. The summed E-state index contributed by atoms with van der Waals surface area (Å²) in [7, 11) is 0. The van der Waals surface area contributed by atoms with Crippen LogP contribution < -0.4 is 0 Å². The molecule has 0 aromatic rings. The van der Waals surface area contributed by atoms with Crippen LogP contribution in [0.2, 0.25) is 0 Å². The van der Waals surface area contributed by atoms with E-state index in [1.54, 1.807) is 0 Å². The van der Waals surface area contributed by atoms with Gasteiger partial charge in [0.2, 0.25) is 12.2 Å². The van der Waals surface area contributed by atoms with E-state index in [4.69, 9.17) is 10.00 Å². The van der Waals surface area contributed by atoms with E-state index in [0.717, 1.165) is 51.8 Å². The van der Waals surface area contributed by atoms with Gasteiger partial charge in [0.25, 0.3) is 0 Å². The highest BCUT2D eigenvalue weighted by Gasteiger charge is 2.22. The van der Waals surface area contributed by atoms with Gasteiger partial charge in [-0.3, -0.25) is 0 Å². The number of hydrogen-bond donors (Lipinski definition) is 0. The van der Waals surface area contributed by atoms with Gasteiger partial charge in [-0.1, -0.05) is 0 Å². The van der Waals surface area contributed by atoms with Crippen molar-refractivity contribution in [2.75, 3.05) is 39.4 Å². The van der Waals surface area contributed by atoms with Gasteiger partial charge < -0.3 is 14.5 Å². The Morgan fingerprint density at radius 1 is 1.25 bits per heavy atom. The SMILES string of the molecule is N#CN=C(N1C[CH]CCC1)N1CCOCC1. The van der Waals surface area contributed by atoms with E-state index in [0.29, 0.717) is 0 Å². The zero-order valence-electron chi connectivity index (χ0n) is 9.43. The minimum absolute atomic E-state index is 0.724. The molecular formula is C11H17N4O. The lowest BCUT2D eigenvalue weighted by Crippen LogP contribution is -2.50. The van der Waals surface area contributed by atoms with Gasteiger partial charge in [0.1, 0.15) is 0 Å². The summed E-state index contributed by atoms with van der Waals surface area (Å²) >= 11 is 0. The number of likely N-dealkylation sites (tertiary alicyclic amines) is 1. The highest BCUT2D eigenvalue weighted by Crippen LogP contribution is 2.11. The Bertz CT molecular complexity index is 265. The van der Waals surface area contributed by atoms with Crippen LogP contribution in [0.3, 0.4) is 0 Å². The number of nitriles is 1. The number of hydrogen-bond acceptors (Lipinski definition) is 3. The molecule has 5 heteroatoms. The second-order valence-electron chi connectivity index (χ2n) is 3.99. The number of morpholine rings is 1. The van der Waals surface area contributed by atoms with Crippen molar-refractivity contribution in [3.05, 3.63) is 6.42 Å². The summed E-state index contributed by atoms with van der Waals surface area (Å²) in [6.45, 7) is 5.00. The molecule has 0 bridgehead atoms. The molecule has 5 nitrogen and oxygen atoms in total. The van der Waals surface area contributed by atoms with Crippen LogP contribution in [0.15, 0.2) is 4.99 Å². The second kappa shape index (κ2) is 5.71. The Morgan fingerprint density at radius 3 is 2.69 bits per heavy atom. The second-order valence-corrected chi connectivity index (χ2v) is 3.99. The lowest BCUT2D eigenvalue weighted by Gasteiger charge is -2.37. The Balaban J connectivity index is 2.03. The molecule has 0 amide bonds. The van der Waals surface area contributed by atoms with Crippen LogP contribution in [0.5, 0.6) is 0 Å². The van der Waals surface area contributed by atoms with Crippen LogP contribution in [0, 0.1) is 17.9 Å². The van der Waals surface area contributed by atoms with Gasteiger partial charge in [-0.2, -0.15) is 5.26 Å². The zero-order chi connectivity index (χ0) is 11.2. The van der Waals surface area contributed by atoms with Gasteiger partial charge in [0.15, 0.2) is 0 Å². The van der Waals surface area contributed by atoms with Crippen molar-refractivity contribution in [2.45, 2.75) is 12.8 Å². The smallest absolute Gasteiger partial charge is 0.212 e. The van der Waals surface area contributed by atoms with Crippen LogP contribution in [0.25, 0.3) is 0 Å². The van der Waals surface area contributed by atoms with E-state index in [2.05, 4.69) is 21.2 Å². The fraction of sp³-hybridized carbons (Fsp3) is 0.727. The number of rotatable bonds is 0. The number of nitrogens with zero attached hydrogens (tertiary/aromatic N) is 4. The van der Waals surface area contributed by atoms with E-state index < -0.39 is 0 Å². The van der Waals surface area contributed by atoms with Crippen molar-refractivity contribution in [3.8, 4) is 6.19 Å². The predicted octanol–water partition coefficient (Wildman–Crippen LogP) is 0.456. The summed E-state index contributed by atoms with van der Waals surface area (Å²) in [6.07, 6.45) is 6.47. The van der Waals surface area contributed by atoms with E-state index in [9.17, 15) is 0 Å². The molecular weight excluding hydrogens is 204 g/mol. The van der Waals surface area contributed by atoms with E-state index in [-0.39, 0.29) is 0 Å². The van der Waals surface area contributed by atoms with Crippen LogP contribution in [-0.4, -0.2) is 55.2 Å². The highest BCUT2D eigenvalue weighted by atomic mass is 16.5. The third-order valence-corrected chi connectivity index (χ3v) is 2.91. The number of aliphatic imine (C=N–C) groups is 1. The molecule has 16 heavy (non-hydrogen) atoms. The molecule has 2 fully saturated rings. The predicted molar refractivity (Wildman–Crippen MR) is 60.5 cm³/mol. The quantitative estimate of drug-likeness (QED) is 0.339. The average Bonchev–Trinajstić information content (AvgIpc) is 2.38. The van der Waals surface area contributed by atoms with E-state index in [1.807, 2.05) is 6.19 Å². The summed E-state index contributed by atoms with van der Waals surface area (Å²) in [5.41, 5.74) is 0. The standard InChI is InChI=1S/C11H17N4O/c12-10-13-11(14-4-2-1-3-5-14)15-6-8-16-9-7-15/h2H,1,3-9H2. The largest absolute Gasteiger partial charge is 0.378 e. The van der Waals surface area contributed by atoms with Crippen LogP contribution in [-0.2, 0) is 4.74 Å². The third-order valence-electron chi connectivity index (χ3n) is 2.91. The maximum absolute atomic E-state index is 8.77. The van der Waals surface area contributed by atoms with Gasteiger partial charge in [-0.15, -0.1) is 4.99 Å². The molecule has 0 aromatic heterocycles. The first kappa shape index (κ1) is 11.2. The maximum atomic E-state index is 8.77. The molecule has 0 spiro atoms. The van der Waals surface area contributed by atoms with E-state index in [1.165, 1.54) is 6.42 Å². The van der Waals surface area contributed by atoms with Gasteiger partial charge in [-0.25, -0.2) is 0 Å². The minimum Gasteiger partial charge on any atom is -0.378 e. The molecule has 2 aliphatic heterocycles.